The summed E-state index contributed by atoms with van der Waals surface area (Å²) in [6, 6.07) is 7.89. The van der Waals surface area contributed by atoms with E-state index in [2.05, 4.69) is 34.3 Å². The monoisotopic (exact) mass is 371 g/mol. The lowest BCUT2D eigenvalue weighted by molar-refractivity contribution is 0.146. The Kier molecular flexibility index (Phi) is 5.00. The van der Waals surface area contributed by atoms with Crippen LogP contribution < -0.4 is 9.64 Å². The lowest BCUT2D eigenvalue weighted by atomic mass is 10.1. The van der Waals surface area contributed by atoms with Gasteiger partial charge < -0.3 is 14.4 Å². The SMILES string of the molecule is COCCOc1ccc2[nH]nc(-c3cc(N4CCC(P)C4)ncn3)c2c1. The molecule has 1 aromatic carbocycles. The van der Waals surface area contributed by atoms with Gasteiger partial charge >= 0.3 is 0 Å². The maximum Gasteiger partial charge on any atom is 0.132 e. The fourth-order valence-electron chi connectivity index (χ4n) is 3.17. The average molecular weight is 371 g/mol. The molecule has 0 aliphatic carbocycles. The van der Waals surface area contributed by atoms with E-state index >= 15 is 0 Å². The van der Waals surface area contributed by atoms with Gasteiger partial charge in [0.15, 0.2) is 0 Å². The molecule has 136 valence electrons. The summed E-state index contributed by atoms with van der Waals surface area (Å²) in [5, 5.41) is 8.52. The van der Waals surface area contributed by atoms with Crippen molar-refractivity contribution in [2.45, 2.75) is 12.1 Å². The lowest BCUT2D eigenvalue weighted by Gasteiger charge is -2.16. The van der Waals surface area contributed by atoms with Crippen LogP contribution in [-0.2, 0) is 4.74 Å². The second-order valence-electron chi connectivity index (χ2n) is 6.38. The van der Waals surface area contributed by atoms with Gasteiger partial charge in [0.05, 0.1) is 17.8 Å². The van der Waals surface area contributed by atoms with Crippen LogP contribution in [0.1, 0.15) is 6.42 Å². The maximum absolute atomic E-state index is 5.72. The second-order valence-corrected chi connectivity index (χ2v) is 7.32. The van der Waals surface area contributed by atoms with Crippen LogP contribution >= 0.6 is 9.24 Å². The molecule has 2 aromatic heterocycles. The minimum absolute atomic E-state index is 0.512. The number of fused-ring (bicyclic) bond motifs is 1. The quantitative estimate of drug-likeness (QED) is 0.530. The number of nitrogens with zero attached hydrogens (tertiary/aromatic N) is 4. The van der Waals surface area contributed by atoms with Crippen LogP contribution in [0, 0.1) is 0 Å². The molecule has 2 atom stereocenters. The van der Waals surface area contributed by atoms with Gasteiger partial charge in [0.2, 0.25) is 0 Å². The van der Waals surface area contributed by atoms with E-state index in [1.807, 2.05) is 24.3 Å². The van der Waals surface area contributed by atoms with Crippen molar-refractivity contribution in [3.8, 4) is 17.1 Å². The molecule has 3 heterocycles. The molecule has 0 saturated carbocycles. The topological polar surface area (TPSA) is 76.2 Å². The normalized spacial score (nSPS) is 17.2. The molecule has 8 heteroatoms. The molecule has 1 fully saturated rings. The van der Waals surface area contributed by atoms with Crippen molar-refractivity contribution in [3.05, 3.63) is 30.6 Å². The highest BCUT2D eigenvalue weighted by Gasteiger charge is 2.21. The van der Waals surface area contributed by atoms with Crippen molar-refractivity contribution < 1.29 is 9.47 Å². The van der Waals surface area contributed by atoms with E-state index in [1.165, 1.54) is 0 Å². The van der Waals surface area contributed by atoms with Crippen molar-refractivity contribution in [1.29, 1.82) is 0 Å². The molecule has 1 aliphatic rings. The highest BCUT2D eigenvalue weighted by atomic mass is 31.0. The number of anilines is 1. The number of H-pyrrole nitrogens is 1. The molecule has 3 aromatic rings. The van der Waals surface area contributed by atoms with Gasteiger partial charge in [-0.2, -0.15) is 5.10 Å². The summed E-state index contributed by atoms with van der Waals surface area (Å²) in [5.74, 6) is 1.74. The van der Waals surface area contributed by atoms with Gasteiger partial charge in [0, 0.05) is 31.7 Å². The summed E-state index contributed by atoms with van der Waals surface area (Å²) >= 11 is 0. The molecule has 1 N–H and O–H groups in total. The third-order valence-electron chi connectivity index (χ3n) is 4.53. The third-order valence-corrected chi connectivity index (χ3v) is 5.08. The van der Waals surface area contributed by atoms with E-state index in [1.54, 1.807) is 13.4 Å². The van der Waals surface area contributed by atoms with Crippen molar-refractivity contribution in [2.24, 2.45) is 0 Å². The van der Waals surface area contributed by atoms with Gasteiger partial charge in [-0.05, 0) is 30.3 Å². The van der Waals surface area contributed by atoms with Gasteiger partial charge in [-0.3, -0.25) is 5.10 Å². The minimum atomic E-state index is 0.512. The van der Waals surface area contributed by atoms with Crippen LogP contribution in [0.15, 0.2) is 30.6 Å². The Morgan fingerprint density at radius 2 is 2.19 bits per heavy atom. The Bertz CT molecular complexity index is 900. The number of nitrogens with one attached hydrogen (secondary N) is 1. The molecular formula is C18H22N5O2P. The van der Waals surface area contributed by atoms with Crippen molar-refractivity contribution in [1.82, 2.24) is 20.2 Å². The Balaban J connectivity index is 1.64. The Morgan fingerprint density at radius 3 is 3.00 bits per heavy atom. The third kappa shape index (κ3) is 3.50. The number of benzene rings is 1. The van der Waals surface area contributed by atoms with Crippen LogP contribution in [0.3, 0.4) is 0 Å². The minimum Gasteiger partial charge on any atom is -0.491 e. The van der Waals surface area contributed by atoms with Gasteiger partial charge in [-0.1, -0.05) is 0 Å². The van der Waals surface area contributed by atoms with Crippen LogP contribution in [0.5, 0.6) is 5.75 Å². The van der Waals surface area contributed by atoms with Crippen LogP contribution in [0.4, 0.5) is 5.82 Å². The number of aromatic amines is 1. The zero-order valence-electron chi connectivity index (χ0n) is 14.7. The summed E-state index contributed by atoms with van der Waals surface area (Å²) in [6.45, 7) is 3.08. The molecule has 26 heavy (non-hydrogen) atoms. The molecule has 0 spiro atoms. The molecule has 1 saturated heterocycles. The summed E-state index contributed by atoms with van der Waals surface area (Å²) in [5.41, 5.74) is 3.18. The fourth-order valence-corrected chi connectivity index (χ4v) is 3.57. The van der Waals surface area contributed by atoms with Crippen molar-refractivity contribution >= 4 is 26.0 Å². The summed E-state index contributed by atoms with van der Waals surface area (Å²) in [4.78, 5) is 11.2. The van der Waals surface area contributed by atoms with E-state index in [9.17, 15) is 0 Å². The molecule has 0 amide bonds. The first-order valence-corrected chi connectivity index (χ1v) is 9.34. The Labute approximate surface area is 154 Å². The first-order chi connectivity index (χ1) is 12.7. The standard InChI is InChI=1S/C18H22N5O2P/c1-24-6-7-25-12-2-3-15-14(8-12)18(22-21-15)16-9-17(20-11-19-16)23-5-4-13(26)10-23/h2-3,8-9,11,13H,4-7,10,26H2,1H3,(H,21,22). The number of rotatable bonds is 6. The highest BCUT2D eigenvalue weighted by molar-refractivity contribution is 7.17. The van der Waals surface area contributed by atoms with Crippen LogP contribution in [0.25, 0.3) is 22.3 Å². The number of methoxy groups -OCH3 is 1. The van der Waals surface area contributed by atoms with Gasteiger partial charge in [0.1, 0.15) is 30.2 Å². The van der Waals surface area contributed by atoms with E-state index in [0.29, 0.717) is 18.9 Å². The number of hydrogen-bond donors (Lipinski definition) is 1. The zero-order valence-corrected chi connectivity index (χ0v) is 15.8. The predicted octanol–water partition coefficient (Wildman–Crippen LogP) is 2.50. The fraction of sp³-hybridized carbons (Fsp3) is 0.389. The zero-order chi connectivity index (χ0) is 17.9. The molecule has 0 bridgehead atoms. The van der Waals surface area contributed by atoms with E-state index in [4.69, 9.17) is 9.47 Å². The maximum atomic E-state index is 5.72. The molecule has 7 nitrogen and oxygen atoms in total. The predicted molar refractivity (Wildman–Crippen MR) is 105 cm³/mol. The summed E-state index contributed by atoms with van der Waals surface area (Å²) < 4.78 is 10.8. The molecule has 2 unspecified atom stereocenters. The Morgan fingerprint density at radius 1 is 1.27 bits per heavy atom. The number of aromatic nitrogens is 4. The number of ether oxygens (including phenoxy) is 2. The van der Waals surface area contributed by atoms with E-state index < -0.39 is 0 Å². The smallest absolute Gasteiger partial charge is 0.132 e. The van der Waals surface area contributed by atoms with Gasteiger partial charge in [0.25, 0.3) is 0 Å². The summed E-state index contributed by atoms with van der Waals surface area (Å²) in [7, 11) is 4.56. The molecular weight excluding hydrogens is 349 g/mol. The van der Waals surface area contributed by atoms with E-state index in [-0.39, 0.29) is 0 Å². The molecule has 0 radical (unpaired) electrons. The summed E-state index contributed by atoms with van der Waals surface area (Å²) in [6.07, 6.45) is 2.78. The van der Waals surface area contributed by atoms with E-state index in [0.717, 1.165) is 53.4 Å². The lowest BCUT2D eigenvalue weighted by Crippen LogP contribution is -2.20. The Hall–Kier alpha value is -2.24. The van der Waals surface area contributed by atoms with Crippen molar-refractivity contribution in [2.75, 3.05) is 38.3 Å². The second kappa shape index (κ2) is 7.56. The van der Waals surface area contributed by atoms with Crippen molar-refractivity contribution in [3.63, 3.8) is 0 Å². The van der Waals surface area contributed by atoms with Crippen LogP contribution in [-0.4, -0.2) is 59.2 Å². The average Bonchev–Trinajstić information content (AvgIpc) is 3.28. The highest BCUT2D eigenvalue weighted by Crippen LogP contribution is 2.30. The first-order valence-electron chi connectivity index (χ1n) is 8.67. The first kappa shape index (κ1) is 17.2. The number of hydrogen-bond acceptors (Lipinski definition) is 6. The van der Waals surface area contributed by atoms with Crippen LogP contribution in [0.2, 0.25) is 0 Å². The van der Waals surface area contributed by atoms with Gasteiger partial charge in [-0.15, -0.1) is 9.24 Å². The largest absolute Gasteiger partial charge is 0.491 e. The molecule has 4 rings (SSSR count). The molecule has 1 aliphatic heterocycles. The van der Waals surface area contributed by atoms with Gasteiger partial charge in [-0.25, -0.2) is 9.97 Å².